The molecule has 0 saturated carbocycles. The molecule has 0 N–H and O–H groups in total. The average molecular weight is 557 g/mol. The molecular formula is C35H72S2. The molecule has 0 spiro atoms. The molecule has 224 valence electrons. The predicted octanol–water partition coefficient (Wildman–Crippen LogP) is 13.5. The van der Waals surface area contributed by atoms with Crippen molar-refractivity contribution in [3.63, 3.8) is 0 Å². The first-order chi connectivity index (χ1) is 18.2. The Morgan fingerprint density at radius 2 is 0.784 bits per heavy atom. The molecule has 0 bridgehead atoms. The standard InChI is InChI=1S/C35H72S2/c1-5-8-10-12-14-16-18-20-22-24-30-36-32-34(4)28-26-29-35(27-7-3)33-37-31-25-23-21-19-17-15-13-11-9-6-2/h34-35H,5-33H2,1-4H3. The van der Waals surface area contributed by atoms with Crippen molar-refractivity contribution in [1.29, 1.82) is 0 Å². The summed E-state index contributed by atoms with van der Waals surface area (Å²) in [6.07, 6.45) is 36.3. The predicted molar refractivity (Wildman–Crippen MR) is 180 cm³/mol. The highest BCUT2D eigenvalue weighted by Gasteiger charge is 2.10. The van der Waals surface area contributed by atoms with Crippen LogP contribution < -0.4 is 0 Å². The van der Waals surface area contributed by atoms with Gasteiger partial charge in [0.1, 0.15) is 0 Å². The molecule has 0 aliphatic rings. The van der Waals surface area contributed by atoms with Gasteiger partial charge in [-0.3, -0.25) is 0 Å². The molecule has 2 unspecified atom stereocenters. The second-order valence-corrected chi connectivity index (χ2v) is 14.5. The Kier molecular flexibility index (Phi) is 33.5. The molecular weight excluding hydrogens is 485 g/mol. The van der Waals surface area contributed by atoms with Crippen molar-refractivity contribution in [2.24, 2.45) is 11.8 Å². The summed E-state index contributed by atoms with van der Waals surface area (Å²) in [5, 5.41) is 0. The summed E-state index contributed by atoms with van der Waals surface area (Å²) < 4.78 is 0. The van der Waals surface area contributed by atoms with Gasteiger partial charge in [0.15, 0.2) is 0 Å². The second kappa shape index (κ2) is 32.9. The summed E-state index contributed by atoms with van der Waals surface area (Å²) in [4.78, 5) is 0. The fraction of sp³-hybridized carbons (Fsp3) is 1.00. The lowest BCUT2D eigenvalue weighted by Gasteiger charge is -2.17. The third kappa shape index (κ3) is 31.1. The minimum atomic E-state index is 0.912. The molecule has 0 aromatic rings. The van der Waals surface area contributed by atoms with E-state index in [1.165, 1.54) is 184 Å². The van der Waals surface area contributed by atoms with Crippen LogP contribution in [0.3, 0.4) is 0 Å². The summed E-state index contributed by atoms with van der Waals surface area (Å²) in [6, 6.07) is 0. The van der Waals surface area contributed by atoms with E-state index >= 15 is 0 Å². The number of hydrogen-bond donors (Lipinski definition) is 0. The van der Waals surface area contributed by atoms with E-state index in [1.807, 2.05) is 0 Å². The highest BCUT2D eigenvalue weighted by atomic mass is 32.2. The molecule has 0 fully saturated rings. The summed E-state index contributed by atoms with van der Waals surface area (Å²) in [5.41, 5.74) is 0. The van der Waals surface area contributed by atoms with E-state index < -0.39 is 0 Å². The molecule has 0 aromatic heterocycles. The third-order valence-corrected chi connectivity index (χ3v) is 10.7. The minimum absolute atomic E-state index is 0.912. The summed E-state index contributed by atoms with van der Waals surface area (Å²) in [7, 11) is 0. The lowest BCUT2D eigenvalue weighted by molar-refractivity contribution is 0.440. The van der Waals surface area contributed by atoms with Gasteiger partial charge in [-0.05, 0) is 67.0 Å². The first-order valence-electron chi connectivity index (χ1n) is 17.4. The molecule has 2 atom stereocenters. The Bertz CT molecular complexity index is 397. The van der Waals surface area contributed by atoms with Gasteiger partial charge >= 0.3 is 0 Å². The fourth-order valence-electron chi connectivity index (χ4n) is 5.48. The van der Waals surface area contributed by atoms with Crippen molar-refractivity contribution in [3.05, 3.63) is 0 Å². The van der Waals surface area contributed by atoms with Gasteiger partial charge in [-0.25, -0.2) is 0 Å². The molecule has 0 radical (unpaired) electrons. The zero-order valence-electron chi connectivity index (χ0n) is 26.5. The van der Waals surface area contributed by atoms with Gasteiger partial charge < -0.3 is 0 Å². The van der Waals surface area contributed by atoms with Crippen LogP contribution in [0.4, 0.5) is 0 Å². The topological polar surface area (TPSA) is 0 Å². The zero-order valence-corrected chi connectivity index (χ0v) is 28.1. The molecule has 0 amide bonds. The van der Waals surface area contributed by atoms with Crippen molar-refractivity contribution in [1.82, 2.24) is 0 Å². The molecule has 2 heteroatoms. The molecule has 0 aliphatic carbocycles. The largest absolute Gasteiger partial charge is 0.162 e. The van der Waals surface area contributed by atoms with Crippen LogP contribution in [0.5, 0.6) is 0 Å². The van der Waals surface area contributed by atoms with E-state index in [0.29, 0.717) is 0 Å². The van der Waals surface area contributed by atoms with Crippen LogP contribution in [0.1, 0.15) is 188 Å². The Hall–Kier alpha value is 0.700. The summed E-state index contributed by atoms with van der Waals surface area (Å²) in [6.45, 7) is 9.50. The Balaban J connectivity index is 3.50. The highest BCUT2D eigenvalue weighted by Crippen LogP contribution is 2.24. The average Bonchev–Trinajstić information content (AvgIpc) is 2.90. The van der Waals surface area contributed by atoms with Crippen molar-refractivity contribution >= 4 is 23.5 Å². The Morgan fingerprint density at radius 1 is 0.378 bits per heavy atom. The fourth-order valence-corrected chi connectivity index (χ4v) is 7.86. The smallest absolute Gasteiger partial charge is 0.00391 e. The van der Waals surface area contributed by atoms with E-state index in [-0.39, 0.29) is 0 Å². The van der Waals surface area contributed by atoms with Crippen molar-refractivity contribution in [3.8, 4) is 0 Å². The van der Waals surface area contributed by atoms with Crippen LogP contribution in [0.2, 0.25) is 0 Å². The summed E-state index contributed by atoms with van der Waals surface area (Å²) in [5.74, 6) is 7.51. The molecule has 0 saturated heterocycles. The van der Waals surface area contributed by atoms with Gasteiger partial charge in [0.2, 0.25) is 0 Å². The molecule has 0 heterocycles. The van der Waals surface area contributed by atoms with Gasteiger partial charge in [-0.1, -0.05) is 156 Å². The number of rotatable bonds is 32. The molecule has 0 nitrogen and oxygen atoms in total. The van der Waals surface area contributed by atoms with E-state index in [9.17, 15) is 0 Å². The SMILES string of the molecule is CCCCCCCCCCCCSCC(C)CCCC(CCC)CSCCCCCCCCCCCC. The molecule has 0 rings (SSSR count). The van der Waals surface area contributed by atoms with Crippen molar-refractivity contribution in [2.75, 3.05) is 23.0 Å². The van der Waals surface area contributed by atoms with Crippen LogP contribution in [0.15, 0.2) is 0 Å². The van der Waals surface area contributed by atoms with Crippen LogP contribution in [-0.4, -0.2) is 23.0 Å². The van der Waals surface area contributed by atoms with Crippen LogP contribution in [-0.2, 0) is 0 Å². The van der Waals surface area contributed by atoms with Crippen molar-refractivity contribution < 1.29 is 0 Å². The maximum absolute atomic E-state index is 2.50. The van der Waals surface area contributed by atoms with Crippen molar-refractivity contribution in [2.45, 2.75) is 188 Å². The van der Waals surface area contributed by atoms with E-state index in [4.69, 9.17) is 0 Å². The Labute approximate surface area is 245 Å². The number of unbranched alkanes of at least 4 members (excludes halogenated alkanes) is 18. The van der Waals surface area contributed by atoms with Crippen LogP contribution in [0.25, 0.3) is 0 Å². The van der Waals surface area contributed by atoms with Gasteiger partial charge in [-0.15, -0.1) is 0 Å². The molecule has 0 aromatic carbocycles. The Morgan fingerprint density at radius 3 is 1.22 bits per heavy atom. The number of thioether (sulfide) groups is 2. The zero-order chi connectivity index (χ0) is 27.1. The lowest BCUT2D eigenvalue weighted by atomic mass is 9.96. The number of hydrogen-bond acceptors (Lipinski definition) is 2. The first kappa shape index (κ1) is 37.7. The van der Waals surface area contributed by atoms with Gasteiger partial charge in [0.05, 0.1) is 0 Å². The first-order valence-corrected chi connectivity index (χ1v) is 19.7. The van der Waals surface area contributed by atoms with Gasteiger partial charge in [-0.2, -0.15) is 23.5 Å². The summed E-state index contributed by atoms with van der Waals surface area (Å²) >= 11 is 4.50. The van der Waals surface area contributed by atoms with Gasteiger partial charge in [0.25, 0.3) is 0 Å². The van der Waals surface area contributed by atoms with E-state index in [2.05, 4.69) is 51.2 Å². The lowest BCUT2D eigenvalue weighted by Crippen LogP contribution is -2.06. The maximum atomic E-state index is 2.50. The second-order valence-electron chi connectivity index (χ2n) is 12.2. The highest BCUT2D eigenvalue weighted by molar-refractivity contribution is 7.99. The van der Waals surface area contributed by atoms with E-state index in [0.717, 1.165) is 11.8 Å². The van der Waals surface area contributed by atoms with Gasteiger partial charge in [0, 0.05) is 0 Å². The minimum Gasteiger partial charge on any atom is -0.162 e. The monoisotopic (exact) mass is 557 g/mol. The van der Waals surface area contributed by atoms with Crippen LogP contribution >= 0.6 is 23.5 Å². The molecule has 37 heavy (non-hydrogen) atoms. The normalized spacial score (nSPS) is 13.3. The van der Waals surface area contributed by atoms with Crippen LogP contribution in [0, 0.1) is 11.8 Å². The third-order valence-electron chi connectivity index (χ3n) is 8.05. The quantitative estimate of drug-likeness (QED) is 0.0755. The van der Waals surface area contributed by atoms with E-state index in [1.54, 1.807) is 0 Å². The molecule has 0 aliphatic heterocycles. The maximum Gasteiger partial charge on any atom is -0.00391 e.